The summed E-state index contributed by atoms with van der Waals surface area (Å²) in [6, 6.07) is 6.96. The highest BCUT2D eigenvalue weighted by Gasteiger charge is 2.28. The van der Waals surface area contributed by atoms with Crippen molar-refractivity contribution in [2.24, 2.45) is 0 Å². The van der Waals surface area contributed by atoms with Gasteiger partial charge in [0.05, 0.1) is 17.8 Å². The molecule has 1 aromatic rings. The van der Waals surface area contributed by atoms with Crippen LogP contribution in [0.4, 0.5) is 5.69 Å². The van der Waals surface area contributed by atoms with E-state index in [1.807, 2.05) is 6.07 Å². The van der Waals surface area contributed by atoms with Crippen LogP contribution in [0.2, 0.25) is 0 Å². The van der Waals surface area contributed by atoms with Gasteiger partial charge in [0.2, 0.25) is 10.0 Å². The molecule has 0 radical (unpaired) electrons. The number of anilines is 1. The number of benzene rings is 1. The van der Waals surface area contributed by atoms with Crippen LogP contribution in [0.15, 0.2) is 29.2 Å². The number of rotatable bonds is 6. The monoisotopic (exact) mass is 299 g/mol. The van der Waals surface area contributed by atoms with Crippen LogP contribution < -0.4 is 15.4 Å². The SMILES string of the molecule is CCNS(=O)(=O)c1ccccc1NC1CNC[C@@H]1OC. The minimum Gasteiger partial charge on any atom is -0.378 e. The van der Waals surface area contributed by atoms with Gasteiger partial charge in [0.1, 0.15) is 4.90 Å². The second kappa shape index (κ2) is 6.53. The molecule has 112 valence electrons. The van der Waals surface area contributed by atoms with E-state index < -0.39 is 10.0 Å². The lowest BCUT2D eigenvalue weighted by molar-refractivity contribution is 0.111. The maximum Gasteiger partial charge on any atom is 0.242 e. The lowest BCUT2D eigenvalue weighted by Gasteiger charge is -2.21. The first-order valence-corrected chi connectivity index (χ1v) is 8.15. The molecule has 0 amide bonds. The zero-order valence-electron chi connectivity index (χ0n) is 11.7. The Kier molecular flexibility index (Phi) is 4.98. The molecular weight excluding hydrogens is 278 g/mol. The van der Waals surface area contributed by atoms with Crippen LogP contribution in [0.25, 0.3) is 0 Å². The normalized spacial score (nSPS) is 22.9. The van der Waals surface area contributed by atoms with Crippen LogP contribution in [0.3, 0.4) is 0 Å². The molecule has 1 unspecified atom stereocenters. The molecule has 0 aromatic heterocycles. The van der Waals surface area contributed by atoms with E-state index in [-0.39, 0.29) is 17.0 Å². The Morgan fingerprint density at radius 2 is 2.10 bits per heavy atom. The summed E-state index contributed by atoms with van der Waals surface area (Å²) in [6.45, 7) is 3.63. The van der Waals surface area contributed by atoms with Crippen LogP contribution in [-0.4, -0.2) is 47.3 Å². The standard InChI is InChI=1S/C13H21N3O3S/c1-3-15-20(17,18)13-7-5-4-6-10(13)16-11-8-14-9-12(11)19-2/h4-7,11-12,14-16H,3,8-9H2,1-2H3/t11?,12-/m0/s1. The second-order valence-electron chi connectivity index (χ2n) is 4.68. The largest absolute Gasteiger partial charge is 0.378 e. The van der Waals surface area contributed by atoms with Crippen molar-refractivity contribution in [3.8, 4) is 0 Å². The average molecular weight is 299 g/mol. The molecule has 2 atom stereocenters. The van der Waals surface area contributed by atoms with Gasteiger partial charge in [-0.1, -0.05) is 19.1 Å². The zero-order chi connectivity index (χ0) is 14.6. The summed E-state index contributed by atoms with van der Waals surface area (Å²) in [6.07, 6.45) is 0.0323. The Morgan fingerprint density at radius 1 is 1.35 bits per heavy atom. The minimum atomic E-state index is -3.48. The quantitative estimate of drug-likeness (QED) is 0.708. The highest BCUT2D eigenvalue weighted by atomic mass is 32.2. The highest BCUT2D eigenvalue weighted by molar-refractivity contribution is 7.89. The van der Waals surface area contributed by atoms with E-state index in [9.17, 15) is 8.42 Å². The van der Waals surface area contributed by atoms with Crippen molar-refractivity contribution in [1.29, 1.82) is 0 Å². The summed E-state index contributed by atoms with van der Waals surface area (Å²) in [5.74, 6) is 0. The van der Waals surface area contributed by atoms with E-state index in [0.29, 0.717) is 12.2 Å². The van der Waals surface area contributed by atoms with Gasteiger partial charge in [-0.05, 0) is 12.1 Å². The molecule has 0 aliphatic carbocycles. The Morgan fingerprint density at radius 3 is 2.80 bits per heavy atom. The number of methoxy groups -OCH3 is 1. The second-order valence-corrected chi connectivity index (χ2v) is 6.42. The van der Waals surface area contributed by atoms with E-state index in [1.165, 1.54) is 0 Å². The summed E-state index contributed by atoms with van der Waals surface area (Å²) in [5, 5.41) is 6.49. The van der Waals surface area contributed by atoms with Crippen LogP contribution in [0, 0.1) is 0 Å². The summed E-state index contributed by atoms with van der Waals surface area (Å²) >= 11 is 0. The number of hydrogen-bond acceptors (Lipinski definition) is 5. The van der Waals surface area contributed by atoms with Crippen molar-refractivity contribution < 1.29 is 13.2 Å². The first-order valence-electron chi connectivity index (χ1n) is 6.67. The van der Waals surface area contributed by atoms with Crippen LogP contribution in [-0.2, 0) is 14.8 Å². The molecule has 1 aliphatic rings. The number of sulfonamides is 1. The summed E-state index contributed by atoms with van der Waals surface area (Å²) in [7, 11) is -1.82. The molecule has 1 fully saturated rings. The molecule has 0 saturated carbocycles. The Bertz CT molecular complexity index is 548. The van der Waals surface area contributed by atoms with Crippen molar-refractivity contribution in [2.75, 3.05) is 32.1 Å². The van der Waals surface area contributed by atoms with Gasteiger partial charge < -0.3 is 15.4 Å². The predicted molar refractivity (Wildman–Crippen MR) is 78.4 cm³/mol. The third-order valence-corrected chi connectivity index (χ3v) is 4.92. The number of para-hydroxylation sites is 1. The van der Waals surface area contributed by atoms with Gasteiger partial charge in [-0.25, -0.2) is 13.1 Å². The minimum absolute atomic E-state index is 0.0323. The third-order valence-electron chi connectivity index (χ3n) is 3.31. The lowest BCUT2D eigenvalue weighted by atomic mass is 10.2. The van der Waals surface area contributed by atoms with Gasteiger partial charge in [0.25, 0.3) is 0 Å². The van der Waals surface area contributed by atoms with Gasteiger partial charge in [-0.3, -0.25) is 0 Å². The van der Waals surface area contributed by atoms with E-state index >= 15 is 0 Å². The summed E-state index contributed by atoms with van der Waals surface area (Å²) in [5.41, 5.74) is 0.601. The molecule has 2 rings (SSSR count). The fourth-order valence-electron chi connectivity index (χ4n) is 2.33. The van der Waals surface area contributed by atoms with Crippen molar-refractivity contribution in [3.05, 3.63) is 24.3 Å². The maximum atomic E-state index is 12.2. The topological polar surface area (TPSA) is 79.5 Å². The Labute approximate surface area is 120 Å². The van der Waals surface area contributed by atoms with Crippen LogP contribution in [0.5, 0.6) is 0 Å². The van der Waals surface area contributed by atoms with E-state index in [0.717, 1.165) is 13.1 Å². The average Bonchev–Trinajstić information content (AvgIpc) is 2.86. The van der Waals surface area contributed by atoms with Gasteiger partial charge in [-0.2, -0.15) is 0 Å². The molecule has 0 bridgehead atoms. The van der Waals surface area contributed by atoms with Crippen LogP contribution in [0.1, 0.15) is 6.92 Å². The molecule has 20 heavy (non-hydrogen) atoms. The number of nitrogens with one attached hydrogen (secondary N) is 3. The smallest absolute Gasteiger partial charge is 0.242 e. The molecule has 0 spiro atoms. The molecule has 6 nitrogen and oxygen atoms in total. The molecule has 1 aliphatic heterocycles. The third kappa shape index (κ3) is 3.29. The van der Waals surface area contributed by atoms with Crippen molar-refractivity contribution in [2.45, 2.75) is 24.0 Å². The van der Waals surface area contributed by atoms with Gasteiger partial charge in [0.15, 0.2) is 0 Å². The van der Waals surface area contributed by atoms with Crippen LogP contribution >= 0.6 is 0 Å². The van der Waals surface area contributed by atoms with E-state index in [2.05, 4.69) is 15.4 Å². The predicted octanol–water partition coefficient (Wildman–Crippen LogP) is 0.384. The fourth-order valence-corrected chi connectivity index (χ4v) is 3.54. The number of hydrogen-bond donors (Lipinski definition) is 3. The van der Waals surface area contributed by atoms with Crippen molar-refractivity contribution in [1.82, 2.24) is 10.0 Å². The van der Waals surface area contributed by atoms with Gasteiger partial charge >= 0.3 is 0 Å². The first-order chi connectivity index (χ1) is 9.58. The zero-order valence-corrected chi connectivity index (χ0v) is 12.5. The molecule has 1 saturated heterocycles. The molecular formula is C13H21N3O3S. The van der Waals surface area contributed by atoms with Gasteiger partial charge in [0, 0.05) is 26.7 Å². The Balaban J connectivity index is 2.24. The fraction of sp³-hybridized carbons (Fsp3) is 0.538. The highest BCUT2D eigenvalue weighted by Crippen LogP contribution is 2.22. The first kappa shape index (κ1) is 15.2. The lowest BCUT2D eigenvalue weighted by Crippen LogP contribution is -2.34. The summed E-state index contributed by atoms with van der Waals surface area (Å²) in [4.78, 5) is 0.267. The number of ether oxygens (including phenoxy) is 1. The van der Waals surface area contributed by atoms with Crippen molar-refractivity contribution in [3.63, 3.8) is 0 Å². The molecule has 3 N–H and O–H groups in total. The van der Waals surface area contributed by atoms with E-state index in [4.69, 9.17) is 4.74 Å². The Hall–Kier alpha value is -1.15. The van der Waals surface area contributed by atoms with Gasteiger partial charge in [-0.15, -0.1) is 0 Å². The summed E-state index contributed by atoms with van der Waals surface area (Å²) < 4.78 is 32.3. The molecule has 1 aromatic carbocycles. The van der Waals surface area contributed by atoms with Crippen molar-refractivity contribution >= 4 is 15.7 Å². The van der Waals surface area contributed by atoms with E-state index in [1.54, 1.807) is 32.2 Å². The molecule has 1 heterocycles. The molecule has 7 heteroatoms. The maximum absolute atomic E-state index is 12.2.